The third kappa shape index (κ3) is 3.59. The van der Waals surface area contributed by atoms with Crippen molar-refractivity contribution in [3.05, 3.63) is 65.0 Å². The summed E-state index contributed by atoms with van der Waals surface area (Å²) in [5, 5.41) is 3.57. The van der Waals surface area contributed by atoms with E-state index in [0.717, 1.165) is 25.1 Å². The van der Waals surface area contributed by atoms with Crippen molar-refractivity contribution in [1.29, 1.82) is 0 Å². The first-order chi connectivity index (χ1) is 11.2. The van der Waals surface area contributed by atoms with E-state index in [2.05, 4.69) is 22.4 Å². The Labute approximate surface area is 136 Å². The number of carbonyl (C=O) groups is 1. The van der Waals surface area contributed by atoms with Gasteiger partial charge in [0, 0.05) is 23.3 Å². The van der Waals surface area contributed by atoms with Crippen LogP contribution in [0.2, 0.25) is 0 Å². The van der Waals surface area contributed by atoms with Crippen LogP contribution in [0.4, 0.5) is 0 Å². The maximum Gasteiger partial charge on any atom is 0.337 e. The minimum Gasteiger partial charge on any atom is -0.465 e. The smallest absolute Gasteiger partial charge is 0.337 e. The number of nitrogens with one attached hydrogen (secondary N) is 1. The molecule has 3 rings (SSSR count). The third-order valence-electron chi connectivity index (χ3n) is 4.47. The van der Waals surface area contributed by atoms with Crippen LogP contribution in [0.1, 0.15) is 52.1 Å². The van der Waals surface area contributed by atoms with Gasteiger partial charge in [0.25, 0.3) is 0 Å². The number of rotatable bonds is 3. The average Bonchev–Trinajstić information content (AvgIpc) is 2.61. The van der Waals surface area contributed by atoms with Crippen LogP contribution in [0.25, 0.3) is 0 Å². The highest BCUT2D eigenvalue weighted by Crippen LogP contribution is 2.33. The molecule has 0 saturated carbocycles. The molecule has 0 amide bonds. The number of hydrogen-bond acceptors (Lipinski definition) is 4. The lowest BCUT2D eigenvalue weighted by Gasteiger charge is -2.30. The van der Waals surface area contributed by atoms with Crippen LogP contribution in [-0.4, -0.2) is 24.6 Å². The molecule has 4 heteroatoms. The predicted octanol–water partition coefficient (Wildman–Crippen LogP) is 3.38. The Hall–Kier alpha value is -2.20. The van der Waals surface area contributed by atoms with E-state index in [9.17, 15) is 4.79 Å². The molecule has 1 aromatic carbocycles. The molecule has 120 valence electrons. The number of methoxy groups -OCH3 is 1. The number of ether oxygens (including phenoxy) is 1. The van der Waals surface area contributed by atoms with Crippen molar-refractivity contribution < 1.29 is 9.53 Å². The standard InChI is InChI=1S/C19H22N2O2/c1-13-4-3-5-17(21-13)16-10-11-20-18(12-16)14-6-8-15(9-7-14)19(22)23-2/h3-9,16,18,20H,10-12H2,1-2H3/t16?,18-/m0/s1. The highest BCUT2D eigenvalue weighted by molar-refractivity contribution is 5.89. The predicted molar refractivity (Wildman–Crippen MR) is 89.5 cm³/mol. The number of esters is 1. The molecule has 2 atom stereocenters. The molecule has 2 heterocycles. The van der Waals surface area contributed by atoms with Gasteiger partial charge in [0.2, 0.25) is 0 Å². The van der Waals surface area contributed by atoms with Gasteiger partial charge in [0.1, 0.15) is 0 Å². The summed E-state index contributed by atoms with van der Waals surface area (Å²) in [5.74, 6) is 0.177. The molecule has 1 saturated heterocycles. The SMILES string of the molecule is COC(=O)c1ccc([C@@H]2CC(c3cccc(C)n3)CCN2)cc1. The average molecular weight is 310 g/mol. The summed E-state index contributed by atoms with van der Waals surface area (Å²) in [4.78, 5) is 16.2. The zero-order chi connectivity index (χ0) is 16.2. The van der Waals surface area contributed by atoms with Gasteiger partial charge >= 0.3 is 5.97 Å². The molecule has 1 aromatic heterocycles. The summed E-state index contributed by atoms with van der Waals surface area (Å²) in [6, 6.07) is 14.2. The van der Waals surface area contributed by atoms with Gasteiger partial charge in [-0.2, -0.15) is 0 Å². The summed E-state index contributed by atoms with van der Waals surface area (Å²) < 4.78 is 4.74. The van der Waals surface area contributed by atoms with Crippen LogP contribution in [0.3, 0.4) is 0 Å². The number of aromatic nitrogens is 1. The monoisotopic (exact) mass is 310 g/mol. The lowest BCUT2D eigenvalue weighted by molar-refractivity contribution is 0.0600. The second-order valence-electron chi connectivity index (χ2n) is 6.05. The van der Waals surface area contributed by atoms with Gasteiger partial charge in [-0.3, -0.25) is 4.98 Å². The Morgan fingerprint density at radius 1 is 1.22 bits per heavy atom. The highest BCUT2D eigenvalue weighted by atomic mass is 16.5. The Morgan fingerprint density at radius 3 is 2.70 bits per heavy atom. The van der Waals surface area contributed by atoms with Crippen molar-refractivity contribution in [2.75, 3.05) is 13.7 Å². The minimum absolute atomic E-state index is 0.294. The second-order valence-corrected chi connectivity index (χ2v) is 6.05. The molecule has 1 aliphatic rings. The van der Waals surface area contributed by atoms with Crippen LogP contribution in [0.5, 0.6) is 0 Å². The fraction of sp³-hybridized carbons (Fsp3) is 0.368. The van der Waals surface area contributed by atoms with Crippen LogP contribution in [-0.2, 0) is 4.74 Å². The molecular formula is C19H22N2O2. The van der Waals surface area contributed by atoms with Crippen molar-refractivity contribution in [2.24, 2.45) is 0 Å². The third-order valence-corrected chi connectivity index (χ3v) is 4.47. The largest absolute Gasteiger partial charge is 0.465 e. The van der Waals surface area contributed by atoms with E-state index in [0.29, 0.717) is 17.5 Å². The highest BCUT2D eigenvalue weighted by Gasteiger charge is 2.25. The second kappa shape index (κ2) is 6.92. The molecule has 23 heavy (non-hydrogen) atoms. The number of hydrogen-bond donors (Lipinski definition) is 1. The molecular weight excluding hydrogens is 288 g/mol. The fourth-order valence-corrected chi connectivity index (χ4v) is 3.20. The molecule has 1 aliphatic heterocycles. The first-order valence-electron chi connectivity index (χ1n) is 8.02. The van der Waals surface area contributed by atoms with Crippen molar-refractivity contribution in [2.45, 2.75) is 31.7 Å². The van der Waals surface area contributed by atoms with E-state index >= 15 is 0 Å². The molecule has 0 spiro atoms. The number of carbonyl (C=O) groups excluding carboxylic acids is 1. The zero-order valence-corrected chi connectivity index (χ0v) is 13.6. The Balaban J connectivity index is 1.74. The van der Waals surface area contributed by atoms with Gasteiger partial charge < -0.3 is 10.1 Å². The molecule has 0 bridgehead atoms. The van der Waals surface area contributed by atoms with Crippen LogP contribution < -0.4 is 5.32 Å². The van der Waals surface area contributed by atoms with E-state index in [1.165, 1.54) is 18.4 Å². The van der Waals surface area contributed by atoms with Crippen LogP contribution in [0, 0.1) is 6.92 Å². The van der Waals surface area contributed by atoms with Gasteiger partial charge in [0.15, 0.2) is 0 Å². The Kier molecular flexibility index (Phi) is 4.72. The lowest BCUT2D eigenvalue weighted by Crippen LogP contribution is -2.31. The minimum atomic E-state index is -0.296. The van der Waals surface area contributed by atoms with E-state index in [1.807, 2.05) is 37.3 Å². The molecule has 4 nitrogen and oxygen atoms in total. The first kappa shape index (κ1) is 15.7. The summed E-state index contributed by atoms with van der Waals surface area (Å²) in [5.41, 5.74) is 4.04. The van der Waals surface area contributed by atoms with Gasteiger partial charge in [-0.05, 0) is 56.1 Å². The summed E-state index contributed by atoms with van der Waals surface area (Å²) in [7, 11) is 1.40. The maximum absolute atomic E-state index is 11.5. The number of nitrogens with zero attached hydrogens (tertiary/aromatic N) is 1. The number of aryl methyl sites for hydroxylation is 1. The van der Waals surface area contributed by atoms with E-state index in [1.54, 1.807) is 0 Å². The van der Waals surface area contributed by atoms with Crippen molar-refractivity contribution in [3.8, 4) is 0 Å². The first-order valence-corrected chi connectivity index (χ1v) is 8.02. The van der Waals surface area contributed by atoms with Crippen molar-refractivity contribution in [1.82, 2.24) is 10.3 Å². The molecule has 0 aliphatic carbocycles. The topological polar surface area (TPSA) is 51.2 Å². The van der Waals surface area contributed by atoms with E-state index in [-0.39, 0.29) is 5.97 Å². The number of benzene rings is 1. The van der Waals surface area contributed by atoms with E-state index < -0.39 is 0 Å². The summed E-state index contributed by atoms with van der Waals surface area (Å²) in [6.45, 7) is 3.01. The zero-order valence-electron chi connectivity index (χ0n) is 13.6. The Morgan fingerprint density at radius 2 is 2.00 bits per heavy atom. The lowest BCUT2D eigenvalue weighted by atomic mass is 9.86. The normalized spacial score (nSPS) is 21.0. The maximum atomic E-state index is 11.5. The van der Waals surface area contributed by atoms with Crippen molar-refractivity contribution >= 4 is 5.97 Å². The van der Waals surface area contributed by atoms with Gasteiger partial charge in [0.05, 0.1) is 12.7 Å². The fourth-order valence-electron chi connectivity index (χ4n) is 3.20. The molecule has 0 radical (unpaired) electrons. The quantitative estimate of drug-likeness (QED) is 0.883. The van der Waals surface area contributed by atoms with Crippen LogP contribution >= 0.6 is 0 Å². The van der Waals surface area contributed by atoms with E-state index in [4.69, 9.17) is 4.74 Å². The van der Waals surface area contributed by atoms with Gasteiger partial charge in [-0.1, -0.05) is 18.2 Å². The molecule has 1 unspecified atom stereocenters. The van der Waals surface area contributed by atoms with Gasteiger partial charge in [-0.25, -0.2) is 4.79 Å². The number of piperidine rings is 1. The molecule has 1 N–H and O–H groups in total. The summed E-state index contributed by atoms with van der Waals surface area (Å²) in [6.07, 6.45) is 2.13. The molecule has 1 fully saturated rings. The number of pyridine rings is 1. The summed E-state index contributed by atoms with van der Waals surface area (Å²) >= 11 is 0. The molecule has 2 aromatic rings. The van der Waals surface area contributed by atoms with Gasteiger partial charge in [-0.15, -0.1) is 0 Å². The van der Waals surface area contributed by atoms with Crippen LogP contribution in [0.15, 0.2) is 42.5 Å². The Bertz CT molecular complexity index is 682. The van der Waals surface area contributed by atoms with Crippen molar-refractivity contribution in [3.63, 3.8) is 0 Å².